The summed E-state index contributed by atoms with van der Waals surface area (Å²) in [6.07, 6.45) is 5.67. The molecule has 1 aromatic heterocycles. The van der Waals surface area contributed by atoms with Crippen LogP contribution in [0.4, 0.5) is 0 Å². The maximum absolute atomic E-state index is 5.96. The molecule has 78 valence electrons. The molecule has 3 nitrogen and oxygen atoms in total. The summed E-state index contributed by atoms with van der Waals surface area (Å²) in [4.78, 5) is 0. The molecule has 2 rings (SSSR count). The van der Waals surface area contributed by atoms with Gasteiger partial charge >= 0.3 is 0 Å². The number of nitrogens with two attached hydrogens (primary N) is 1. The van der Waals surface area contributed by atoms with E-state index in [0.717, 1.165) is 12.8 Å². The number of rotatable bonds is 3. The maximum atomic E-state index is 5.96. The van der Waals surface area contributed by atoms with Crippen LogP contribution in [0.1, 0.15) is 43.6 Å². The molecular weight excluding hydrogens is 174 g/mol. The van der Waals surface area contributed by atoms with Crippen molar-refractivity contribution in [3.63, 3.8) is 0 Å². The first-order valence-electron chi connectivity index (χ1n) is 5.40. The predicted octanol–water partition coefficient (Wildman–Crippen LogP) is 1.57. The van der Waals surface area contributed by atoms with Crippen LogP contribution in [0, 0.1) is 0 Å². The highest BCUT2D eigenvalue weighted by Gasteiger charge is 2.19. The molecule has 3 heteroatoms. The van der Waals surface area contributed by atoms with E-state index in [1.54, 1.807) is 0 Å². The molecule has 3 N–H and O–H groups in total. The molecule has 0 bridgehead atoms. The summed E-state index contributed by atoms with van der Waals surface area (Å²) >= 11 is 0. The van der Waals surface area contributed by atoms with Gasteiger partial charge in [-0.25, -0.2) is 0 Å². The number of hydrogen-bond donors (Lipinski definition) is 2. The molecule has 0 atom stereocenters. The third kappa shape index (κ3) is 1.98. The van der Waals surface area contributed by atoms with Gasteiger partial charge < -0.3 is 5.73 Å². The lowest BCUT2D eigenvalue weighted by molar-refractivity contribution is 0.473. The average Bonchev–Trinajstić information content (AvgIpc) is 2.59. The fraction of sp³-hybridized carbons (Fsp3) is 0.727. The quantitative estimate of drug-likeness (QED) is 0.765. The smallest absolute Gasteiger partial charge is 0.0657 e. The van der Waals surface area contributed by atoms with E-state index in [-0.39, 0.29) is 5.54 Å². The molecule has 0 spiro atoms. The average molecular weight is 193 g/mol. The lowest BCUT2D eigenvalue weighted by Gasteiger charge is -2.17. The van der Waals surface area contributed by atoms with Crippen molar-refractivity contribution in [2.24, 2.45) is 5.73 Å². The third-order valence-electron chi connectivity index (χ3n) is 2.90. The minimum absolute atomic E-state index is 0.0789. The van der Waals surface area contributed by atoms with Crippen LogP contribution in [-0.4, -0.2) is 15.7 Å². The highest BCUT2D eigenvalue weighted by Crippen LogP contribution is 2.24. The number of nitrogens with zero attached hydrogens (tertiary/aromatic N) is 1. The summed E-state index contributed by atoms with van der Waals surface area (Å²) in [5.74, 6) is 0. The van der Waals surface area contributed by atoms with Gasteiger partial charge in [0.25, 0.3) is 0 Å². The molecule has 1 heterocycles. The highest BCUT2D eigenvalue weighted by atomic mass is 15.1. The summed E-state index contributed by atoms with van der Waals surface area (Å²) in [7, 11) is 0. The van der Waals surface area contributed by atoms with Gasteiger partial charge in [-0.05, 0) is 51.5 Å². The van der Waals surface area contributed by atoms with Crippen LogP contribution in [-0.2, 0) is 19.3 Å². The van der Waals surface area contributed by atoms with Crippen molar-refractivity contribution in [2.75, 3.05) is 0 Å². The van der Waals surface area contributed by atoms with Gasteiger partial charge in [-0.2, -0.15) is 5.10 Å². The second-order valence-electron chi connectivity index (χ2n) is 4.97. The number of hydrogen-bond acceptors (Lipinski definition) is 2. The van der Waals surface area contributed by atoms with Crippen molar-refractivity contribution >= 4 is 0 Å². The lowest BCUT2D eigenvalue weighted by Crippen LogP contribution is -2.32. The second kappa shape index (κ2) is 3.39. The number of aromatic nitrogens is 2. The first-order chi connectivity index (χ1) is 6.56. The fourth-order valence-electron chi connectivity index (χ4n) is 2.04. The molecule has 0 saturated heterocycles. The molecule has 0 amide bonds. The largest absolute Gasteiger partial charge is 0.326 e. The van der Waals surface area contributed by atoms with Crippen molar-refractivity contribution < 1.29 is 0 Å². The Morgan fingerprint density at radius 1 is 1.43 bits per heavy atom. The summed E-state index contributed by atoms with van der Waals surface area (Å²) in [5, 5.41) is 7.49. The van der Waals surface area contributed by atoms with Gasteiger partial charge in [-0.1, -0.05) is 0 Å². The van der Waals surface area contributed by atoms with E-state index in [1.165, 1.54) is 36.2 Å². The molecule has 14 heavy (non-hydrogen) atoms. The van der Waals surface area contributed by atoms with Crippen LogP contribution >= 0.6 is 0 Å². The van der Waals surface area contributed by atoms with Gasteiger partial charge in [0.1, 0.15) is 0 Å². The van der Waals surface area contributed by atoms with Crippen molar-refractivity contribution in [3.8, 4) is 0 Å². The maximum Gasteiger partial charge on any atom is 0.0657 e. The van der Waals surface area contributed by atoms with E-state index in [4.69, 9.17) is 5.73 Å². The normalized spacial score (nSPS) is 15.9. The Balaban J connectivity index is 2.04. The molecule has 0 radical (unpaired) electrons. The molecule has 0 fully saturated rings. The van der Waals surface area contributed by atoms with E-state index in [0.29, 0.717) is 0 Å². The minimum atomic E-state index is -0.0789. The minimum Gasteiger partial charge on any atom is -0.326 e. The van der Waals surface area contributed by atoms with E-state index in [1.807, 2.05) is 0 Å². The molecule has 0 aromatic carbocycles. The van der Waals surface area contributed by atoms with Gasteiger partial charge in [-0.3, -0.25) is 5.10 Å². The molecule has 0 aliphatic heterocycles. The summed E-state index contributed by atoms with van der Waals surface area (Å²) in [5.41, 5.74) is 9.95. The molecule has 1 aliphatic rings. The number of H-pyrrole nitrogens is 1. The molecule has 0 saturated carbocycles. The number of nitrogens with one attached hydrogen (secondary N) is 1. The zero-order valence-corrected chi connectivity index (χ0v) is 9.06. The number of fused-ring (bicyclic) bond motifs is 1. The van der Waals surface area contributed by atoms with E-state index in [2.05, 4.69) is 24.0 Å². The van der Waals surface area contributed by atoms with Gasteiger partial charge in [0, 0.05) is 11.2 Å². The van der Waals surface area contributed by atoms with E-state index < -0.39 is 0 Å². The zero-order valence-electron chi connectivity index (χ0n) is 9.06. The van der Waals surface area contributed by atoms with Crippen LogP contribution in [0.3, 0.4) is 0 Å². The molecule has 1 aliphatic carbocycles. The molecule has 0 unspecified atom stereocenters. The Bertz CT molecular complexity index is 320. The second-order valence-corrected chi connectivity index (χ2v) is 4.97. The van der Waals surface area contributed by atoms with Crippen molar-refractivity contribution in [1.29, 1.82) is 0 Å². The zero-order chi connectivity index (χ0) is 10.2. The SMILES string of the molecule is CC(C)(N)CCc1n[nH]c2c1CCC2. The fourth-order valence-corrected chi connectivity index (χ4v) is 2.04. The predicted molar refractivity (Wildman–Crippen MR) is 57.2 cm³/mol. The third-order valence-corrected chi connectivity index (χ3v) is 2.90. The highest BCUT2D eigenvalue weighted by molar-refractivity contribution is 5.29. The van der Waals surface area contributed by atoms with E-state index in [9.17, 15) is 0 Å². The Kier molecular flexibility index (Phi) is 2.35. The first kappa shape index (κ1) is 9.71. The van der Waals surface area contributed by atoms with Gasteiger partial charge in [0.15, 0.2) is 0 Å². The molecular formula is C11H19N3. The van der Waals surface area contributed by atoms with Gasteiger partial charge in [0.05, 0.1) is 5.69 Å². The topological polar surface area (TPSA) is 54.7 Å². The lowest BCUT2D eigenvalue weighted by atomic mass is 9.97. The van der Waals surface area contributed by atoms with Crippen LogP contribution in [0.5, 0.6) is 0 Å². The standard InChI is InChI=1S/C11H19N3/c1-11(2,12)7-6-10-8-4-3-5-9(8)13-14-10/h3-7,12H2,1-2H3,(H,13,14). The Hall–Kier alpha value is -0.830. The Morgan fingerprint density at radius 2 is 2.21 bits per heavy atom. The van der Waals surface area contributed by atoms with Gasteiger partial charge in [-0.15, -0.1) is 0 Å². The first-order valence-corrected chi connectivity index (χ1v) is 5.40. The van der Waals surface area contributed by atoms with Crippen molar-refractivity contribution in [2.45, 2.75) is 51.5 Å². The van der Waals surface area contributed by atoms with Crippen LogP contribution in [0.25, 0.3) is 0 Å². The van der Waals surface area contributed by atoms with Crippen LogP contribution in [0.15, 0.2) is 0 Å². The Morgan fingerprint density at radius 3 is 2.93 bits per heavy atom. The monoisotopic (exact) mass is 193 g/mol. The summed E-state index contributed by atoms with van der Waals surface area (Å²) in [6.45, 7) is 4.14. The number of aromatic amines is 1. The van der Waals surface area contributed by atoms with Crippen molar-refractivity contribution in [3.05, 3.63) is 17.0 Å². The van der Waals surface area contributed by atoms with Crippen LogP contribution < -0.4 is 5.73 Å². The summed E-state index contributed by atoms with van der Waals surface area (Å²) < 4.78 is 0. The van der Waals surface area contributed by atoms with Crippen LogP contribution in [0.2, 0.25) is 0 Å². The summed E-state index contributed by atoms with van der Waals surface area (Å²) in [6, 6.07) is 0. The van der Waals surface area contributed by atoms with E-state index >= 15 is 0 Å². The Labute approximate surface area is 85.1 Å². The number of aryl methyl sites for hydroxylation is 2. The molecule has 1 aromatic rings. The van der Waals surface area contributed by atoms with Crippen molar-refractivity contribution in [1.82, 2.24) is 10.2 Å². The van der Waals surface area contributed by atoms with Gasteiger partial charge in [0.2, 0.25) is 0 Å².